The summed E-state index contributed by atoms with van der Waals surface area (Å²) in [7, 11) is 0. The molecule has 29 heavy (non-hydrogen) atoms. The molecule has 1 heterocycles. The number of carbonyl (C=O) groups is 1. The van der Waals surface area contributed by atoms with Crippen LogP contribution >= 0.6 is 0 Å². The molecule has 1 aliphatic carbocycles. The zero-order chi connectivity index (χ0) is 20.9. The van der Waals surface area contributed by atoms with E-state index in [0.29, 0.717) is 0 Å². The lowest BCUT2D eigenvalue weighted by Crippen LogP contribution is -2.43. The number of halogens is 2. The van der Waals surface area contributed by atoms with Gasteiger partial charge in [0.2, 0.25) is 5.91 Å². The highest BCUT2D eigenvalue weighted by Gasteiger charge is 2.35. The highest BCUT2D eigenvalue weighted by Crippen LogP contribution is 2.28. The fourth-order valence-corrected chi connectivity index (χ4v) is 3.48. The average molecular weight is 393 g/mol. The Morgan fingerprint density at radius 3 is 2.66 bits per heavy atom. The summed E-state index contributed by atoms with van der Waals surface area (Å²) >= 11 is 0. The van der Waals surface area contributed by atoms with Crippen LogP contribution in [0.1, 0.15) is 37.3 Å². The van der Waals surface area contributed by atoms with E-state index in [2.05, 4.69) is 24.5 Å². The fourth-order valence-electron chi connectivity index (χ4n) is 3.48. The fraction of sp³-hybridized carbons (Fsp3) is 0.320. The molecular formula is C25H25F2NO. The largest absolute Gasteiger partial charge is 0.342 e. The number of carbonyl (C=O) groups excluding carboxylic acids is 1. The van der Waals surface area contributed by atoms with Crippen LogP contribution in [-0.2, 0) is 11.2 Å². The molecule has 0 N–H and O–H groups in total. The van der Waals surface area contributed by atoms with Gasteiger partial charge < -0.3 is 4.90 Å². The maximum Gasteiger partial charge on any atom is 0.251 e. The molecule has 150 valence electrons. The number of alkyl halides is 2. The molecule has 1 amide bonds. The van der Waals surface area contributed by atoms with Crippen molar-refractivity contribution >= 4 is 5.91 Å². The first kappa shape index (κ1) is 20.8. The molecule has 1 aliphatic heterocycles. The molecule has 4 heteroatoms. The van der Waals surface area contributed by atoms with Crippen LogP contribution in [-0.4, -0.2) is 29.8 Å². The van der Waals surface area contributed by atoms with Crippen LogP contribution in [0.15, 0.2) is 71.9 Å². The van der Waals surface area contributed by atoms with Crippen LogP contribution in [0.3, 0.4) is 0 Å². The van der Waals surface area contributed by atoms with Crippen LogP contribution in [0.4, 0.5) is 8.78 Å². The van der Waals surface area contributed by atoms with Crippen molar-refractivity contribution in [1.29, 1.82) is 0 Å². The van der Waals surface area contributed by atoms with Gasteiger partial charge >= 0.3 is 0 Å². The third kappa shape index (κ3) is 5.32. The Bertz CT molecular complexity index is 947. The molecule has 0 radical (unpaired) electrons. The van der Waals surface area contributed by atoms with Gasteiger partial charge in [0.25, 0.3) is 5.92 Å². The van der Waals surface area contributed by atoms with Crippen molar-refractivity contribution in [2.75, 3.05) is 13.1 Å². The molecule has 0 unspecified atom stereocenters. The second kappa shape index (κ2) is 9.05. The van der Waals surface area contributed by atoms with E-state index >= 15 is 0 Å². The highest BCUT2D eigenvalue weighted by atomic mass is 19.3. The van der Waals surface area contributed by atoms with Gasteiger partial charge in [-0.3, -0.25) is 4.79 Å². The zero-order valence-corrected chi connectivity index (χ0v) is 16.7. The lowest BCUT2D eigenvalue weighted by atomic mass is 10.0. The minimum absolute atomic E-state index is 0.103. The van der Waals surface area contributed by atoms with Crippen LogP contribution in [0.5, 0.6) is 0 Å². The first-order chi connectivity index (χ1) is 13.9. The van der Waals surface area contributed by atoms with E-state index in [1.165, 1.54) is 4.90 Å². The molecule has 0 bridgehead atoms. The second-order valence-electron chi connectivity index (χ2n) is 7.36. The number of hydrogen-bond donors (Lipinski definition) is 0. The van der Waals surface area contributed by atoms with Crippen LogP contribution in [0.25, 0.3) is 0 Å². The third-order valence-corrected chi connectivity index (χ3v) is 5.19. The summed E-state index contributed by atoms with van der Waals surface area (Å²) in [6.07, 6.45) is 8.47. The SMILES string of the molecule is C=C1CC=C/C1=C(C#Cc1ccccc1CC(=O)N1CCC(F)(F)CC1)/C=C\C. The molecule has 3 rings (SSSR count). The topological polar surface area (TPSA) is 20.3 Å². The van der Waals surface area contributed by atoms with Crippen LogP contribution in [0, 0.1) is 11.8 Å². The quantitative estimate of drug-likeness (QED) is 0.644. The minimum atomic E-state index is -2.66. The molecule has 1 aromatic carbocycles. The van der Waals surface area contributed by atoms with Gasteiger partial charge in [0, 0.05) is 37.1 Å². The number of nitrogens with zero attached hydrogens (tertiary/aromatic N) is 1. The van der Waals surface area contributed by atoms with E-state index in [4.69, 9.17) is 0 Å². The van der Waals surface area contributed by atoms with Crippen molar-refractivity contribution in [2.24, 2.45) is 0 Å². The standard InChI is InChI=1S/C25H25F2NO/c1-3-7-21(23-11-6-8-19(23)2)13-12-20-9-4-5-10-22(20)18-24(29)28-16-14-25(26,27)15-17-28/h3-7,9-11H,2,8,14-18H2,1H3/b7-3-,23-21+. The van der Waals surface area contributed by atoms with Crippen molar-refractivity contribution in [3.63, 3.8) is 0 Å². The smallest absolute Gasteiger partial charge is 0.251 e. The Balaban J connectivity index is 1.80. The molecule has 2 nitrogen and oxygen atoms in total. The van der Waals surface area contributed by atoms with E-state index < -0.39 is 5.92 Å². The summed E-state index contributed by atoms with van der Waals surface area (Å²) in [5.41, 5.74) is 4.56. The van der Waals surface area contributed by atoms with Gasteiger partial charge in [-0.1, -0.05) is 60.9 Å². The van der Waals surface area contributed by atoms with Gasteiger partial charge in [0.05, 0.1) is 6.42 Å². The summed E-state index contributed by atoms with van der Waals surface area (Å²) < 4.78 is 26.7. The lowest BCUT2D eigenvalue weighted by Gasteiger charge is -2.31. The molecule has 1 saturated heterocycles. The molecule has 0 saturated carbocycles. The molecule has 0 atom stereocenters. The number of amides is 1. The number of rotatable bonds is 3. The lowest BCUT2D eigenvalue weighted by molar-refractivity contribution is -0.136. The Hall–Kier alpha value is -2.93. The summed E-state index contributed by atoms with van der Waals surface area (Å²) in [6.45, 7) is 6.24. The predicted molar refractivity (Wildman–Crippen MR) is 113 cm³/mol. The second-order valence-corrected chi connectivity index (χ2v) is 7.36. The Labute approximate surface area is 171 Å². The number of hydrogen-bond acceptors (Lipinski definition) is 1. The molecule has 1 fully saturated rings. The molecule has 2 aliphatic rings. The van der Waals surface area contributed by atoms with Gasteiger partial charge in [0.15, 0.2) is 0 Å². The summed E-state index contributed by atoms with van der Waals surface area (Å²) in [5.74, 6) is 3.62. The average Bonchev–Trinajstić information content (AvgIpc) is 3.12. The predicted octanol–water partition coefficient (Wildman–Crippen LogP) is 5.23. The zero-order valence-electron chi connectivity index (χ0n) is 16.7. The summed E-state index contributed by atoms with van der Waals surface area (Å²) in [6, 6.07) is 7.51. The van der Waals surface area contributed by atoms with Gasteiger partial charge in [-0.05, 0) is 36.1 Å². The highest BCUT2D eigenvalue weighted by molar-refractivity contribution is 5.79. The van der Waals surface area contributed by atoms with E-state index in [0.717, 1.165) is 34.3 Å². The van der Waals surface area contributed by atoms with Gasteiger partial charge in [-0.2, -0.15) is 0 Å². The van der Waals surface area contributed by atoms with Crippen molar-refractivity contribution in [3.8, 4) is 11.8 Å². The normalized spacial score (nSPS) is 20.0. The number of benzene rings is 1. The first-order valence-electron chi connectivity index (χ1n) is 9.87. The molecule has 0 spiro atoms. The maximum atomic E-state index is 13.3. The summed E-state index contributed by atoms with van der Waals surface area (Å²) in [5, 5.41) is 0. The monoisotopic (exact) mass is 393 g/mol. The van der Waals surface area contributed by atoms with Crippen LogP contribution in [0.2, 0.25) is 0 Å². The van der Waals surface area contributed by atoms with Crippen LogP contribution < -0.4 is 0 Å². The van der Waals surface area contributed by atoms with Crippen molar-refractivity contribution in [2.45, 2.75) is 38.5 Å². The Kier molecular flexibility index (Phi) is 6.49. The minimum Gasteiger partial charge on any atom is -0.342 e. The van der Waals surface area contributed by atoms with E-state index in [1.54, 1.807) is 0 Å². The molecule has 1 aromatic rings. The maximum absolute atomic E-state index is 13.3. The van der Waals surface area contributed by atoms with Crippen molar-refractivity contribution in [1.82, 2.24) is 4.90 Å². The third-order valence-electron chi connectivity index (χ3n) is 5.19. The first-order valence-corrected chi connectivity index (χ1v) is 9.87. The summed E-state index contributed by atoms with van der Waals surface area (Å²) in [4.78, 5) is 14.1. The Morgan fingerprint density at radius 1 is 1.28 bits per heavy atom. The number of piperidine rings is 1. The van der Waals surface area contributed by atoms with Crippen molar-refractivity contribution < 1.29 is 13.6 Å². The molecular weight excluding hydrogens is 368 g/mol. The van der Waals surface area contributed by atoms with E-state index in [-0.39, 0.29) is 38.3 Å². The van der Waals surface area contributed by atoms with Crippen molar-refractivity contribution in [3.05, 3.63) is 83.0 Å². The van der Waals surface area contributed by atoms with E-state index in [1.807, 2.05) is 49.4 Å². The van der Waals surface area contributed by atoms with Gasteiger partial charge in [-0.15, -0.1) is 0 Å². The Morgan fingerprint density at radius 2 is 2.00 bits per heavy atom. The van der Waals surface area contributed by atoms with E-state index in [9.17, 15) is 13.6 Å². The molecule has 0 aromatic heterocycles. The van der Waals surface area contributed by atoms with Gasteiger partial charge in [-0.25, -0.2) is 8.78 Å². The number of allylic oxidation sites excluding steroid dienone is 7. The van der Waals surface area contributed by atoms with Gasteiger partial charge in [0.1, 0.15) is 0 Å². The number of likely N-dealkylation sites (tertiary alicyclic amines) is 1.